The van der Waals surface area contributed by atoms with Crippen molar-refractivity contribution in [1.29, 1.82) is 0 Å². The van der Waals surface area contributed by atoms with E-state index in [2.05, 4.69) is 5.32 Å². The van der Waals surface area contributed by atoms with Crippen molar-refractivity contribution >= 4 is 16.7 Å². The molecule has 0 aromatic heterocycles. The molecule has 1 aliphatic heterocycles. The first-order chi connectivity index (χ1) is 12.0. The molecule has 6 nitrogen and oxygen atoms in total. The number of hydrogen-bond acceptors (Lipinski definition) is 5. The molecule has 0 amide bonds. The Morgan fingerprint density at radius 1 is 1.12 bits per heavy atom. The van der Waals surface area contributed by atoms with Crippen molar-refractivity contribution in [1.82, 2.24) is 5.32 Å². The van der Waals surface area contributed by atoms with E-state index in [-0.39, 0.29) is 11.3 Å². The highest BCUT2D eigenvalue weighted by Crippen LogP contribution is 2.41. The van der Waals surface area contributed by atoms with Gasteiger partial charge in [0.25, 0.3) is 5.70 Å². The molecule has 128 valence electrons. The fraction of sp³-hybridized carbons (Fsp3) is 0.211. The van der Waals surface area contributed by atoms with Crippen molar-refractivity contribution in [3.8, 4) is 0 Å². The monoisotopic (exact) mass is 338 g/mol. The first-order valence-electron chi connectivity index (χ1n) is 7.84. The van der Waals surface area contributed by atoms with Gasteiger partial charge in [-0.15, -0.1) is 0 Å². The topological polar surface area (TPSA) is 81.5 Å². The van der Waals surface area contributed by atoms with Crippen molar-refractivity contribution in [2.24, 2.45) is 0 Å². The van der Waals surface area contributed by atoms with Crippen LogP contribution in [0.1, 0.15) is 25.3 Å². The molecule has 3 rings (SSSR count). The van der Waals surface area contributed by atoms with Crippen LogP contribution in [-0.4, -0.2) is 18.0 Å². The standard InChI is InChI=1S/C19H18N2O4/c1-11-16(19(22)25-3)17(18(21(23)24)12(2)20-11)15-10-6-8-13-7-4-5-9-14(13)15/h4-10,17,20H,1-3H3/t17-/m1/s1. The van der Waals surface area contributed by atoms with Crippen LogP contribution in [0, 0.1) is 10.1 Å². The van der Waals surface area contributed by atoms with Gasteiger partial charge in [0, 0.05) is 5.70 Å². The van der Waals surface area contributed by atoms with Crippen LogP contribution in [0.3, 0.4) is 0 Å². The summed E-state index contributed by atoms with van der Waals surface area (Å²) in [5, 5.41) is 16.6. The van der Waals surface area contributed by atoms with Crippen LogP contribution in [0.5, 0.6) is 0 Å². The number of nitrogens with one attached hydrogen (secondary N) is 1. The summed E-state index contributed by atoms with van der Waals surface area (Å²) in [6, 6.07) is 13.2. The maximum absolute atomic E-state index is 12.4. The lowest BCUT2D eigenvalue weighted by Gasteiger charge is -2.27. The molecule has 2 aromatic rings. The van der Waals surface area contributed by atoms with Crippen LogP contribution >= 0.6 is 0 Å². The summed E-state index contributed by atoms with van der Waals surface area (Å²) < 4.78 is 4.91. The number of esters is 1. The lowest BCUT2D eigenvalue weighted by atomic mass is 9.82. The third-order valence-electron chi connectivity index (χ3n) is 4.46. The molecule has 6 heteroatoms. The number of ether oxygens (including phenoxy) is 1. The normalized spacial score (nSPS) is 17.5. The number of methoxy groups -OCH3 is 1. The number of nitrogens with zero attached hydrogens (tertiary/aromatic N) is 1. The minimum atomic E-state index is -0.796. The first-order valence-corrected chi connectivity index (χ1v) is 7.84. The predicted octanol–water partition coefficient (Wildman–Crippen LogP) is 3.48. The fourth-order valence-electron chi connectivity index (χ4n) is 3.41. The molecule has 1 N–H and O–H groups in total. The van der Waals surface area contributed by atoms with Crippen molar-refractivity contribution in [2.75, 3.05) is 7.11 Å². The van der Waals surface area contributed by atoms with Crippen LogP contribution < -0.4 is 5.32 Å². The fourth-order valence-corrected chi connectivity index (χ4v) is 3.41. The van der Waals surface area contributed by atoms with Crippen LogP contribution in [0.15, 0.2) is 65.1 Å². The molecular weight excluding hydrogens is 320 g/mol. The zero-order chi connectivity index (χ0) is 18.1. The van der Waals surface area contributed by atoms with Gasteiger partial charge in [0.2, 0.25) is 0 Å². The summed E-state index contributed by atoms with van der Waals surface area (Å²) in [6.45, 7) is 3.37. The van der Waals surface area contributed by atoms with Crippen molar-refractivity contribution in [3.05, 3.63) is 80.8 Å². The molecule has 0 saturated carbocycles. The summed E-state index contributed by atoms with van der Waals surface area (Å²) in [4.78, 5) is 23.8. The zero-order valence-electron chi connectivity index (χ0n) is 14.2. The number of rotatable bonds is 3. The summed E-state index contributed by atoms with van der Waals surface area (Å²) in [5.74, 6) is -1.37. The summed E-state index contributed by atoms with van der Waals surface area (Å²) in [5.41, 5.74) is 1.92. The van der Waals surface area contributed by atoms with Gasteiger partial charge in [0.05, 0.1) is 23.3 Å². The van der Waals surface area contributed by atoms with Gasteiger partial charge in [0.1, 0.15) is 5.92 Å². The summed E-state index contributed by atoms with van der Waals surface area (Å²) >= 11 is 0. The number of allylic oxidation sites excluding steroid dienone is 3. The number of fused-ring (bicyclic) bond motifs is 1. The molecule has 1 aliphatic rings. The van der Waals surface area contributed by atoms with E-state index in [9.17, 15) is 14.9 Å². The van der Waals surface area contributed by atoms with Gasteiger partial charge in [-0.05, 0) is 30.2 Å². The first kappa shape index (κ1) is 16.7. The van der Waals surface area contributed by atoms with Gasteiger partial charge in [0.15, 0.2) is 0 Å². The largest absolute Gasteiger partial charge is 0.466 e. The quantitative estimate of drug-likeness (QED) is 0.526. The maximum atomic E-state index is 12.4. The van der Waals surface area contributed by atoms with Gasteiger partial charge in [-0.2, -0.15) is 0 Å². The van der Waals surface area contributed by atoms with Gasteiger partial charge < -0.3 is 10.1 Å². The second-order valence-corrected chi connectivity index (χ2v) is 5.92. The van der Waals surface area contributed by atoms with Gasteiger partial charge in [-0.1, -0.05) is 42.5 Å². The van der Waals surface area contributed by atoms with Gasteiger partial charge >= 0.3 is 5.97 Å². The van der Waals surface area contributed by atoms with Crippen molar-refractivity contribution < 1.29 is 14.5 Å². The van der Waals surface area contributed by atoms with Crippen LogP contribution in [0.2, 0.25) is 0 Å². The van der Waals surface area contributed by atoms with E-state index in [4.69, 9.17) is 4.74 Å². The molecule has 25 heavy (non-hydrogen) atoms. The van der Waals surface area contributed by atoms with Crippen LogP contribution in [0.25, 0.3) is 10.8 Å². The molecule has 0 bridgehead atoms. The number of hydrogen-bond donors (Lipinski definition) is 1. The number of carbonyl (C=O) groups is 1. The zero-order valence-corrected chi connectivity index (χ0v) is 14.2. The average Bonchev–Trinajstić information content (AvgIpc) is 2.59. The van der Waals surface area contributed by atoms with Gasteiger partial charge in [-0.25, -0.2) is 4.79 Å². The predicted molar refractivity (Wildman–Crippen MR) is 94.2 cm³/mol. The molecule has 0 fully saturated rings. The molecule has 1 atom stereocenters. The average molecular weight is 338 g/mol. The van der Waals surface area contributed by atoms with E-state index in [1.54, 1.807) is 13.8 Å². The molecule has 1 heterocycles. The molecule has 0 aliphatic carbocycles. The number of dihydropyridines is 1. The Hall–Kier alpha value is -3.15. The van der Waals surface area contributed by atoms with Gasteiger partial charge in [-0.3, -0.25) is 10.1 Å². The van der Waals surface area contributed by atoms with E-state index in [0.29, 0.717) is 17.0 Å². The highest BCUT2D eigenvalue weighted by atomic mass is 16.6. The maximum Gasteiger partial charge on any atom is 0.336 e. The minimum Gasteiger partial charge on any atom is -0.466 e. The van der Waals surface area contributed by atoms with E-state index < -0.39 is 16.8 Å². The second kappa shape index (κ2) is 6.39. The van der Waals surface area contributed by atoms with Crippen molar-refractivity contribution in [3.63, 3.8) is 0 Å². The highest BCUT2D eigenvalue weighted by Gasteiger charge is 2.41. The highest BCUT2D eigenvalue weighted by molar-refractivity contribution is 5.95. The summed E-state index contributed by atoms with van der Waals surface area (Å²) in [7, 11) is 1.28. The van der Waals surface area contributed by atoms with Crippen molar-refractivity contribution in [2.45, 2.75) is 19.8 Å². The lowest BCUT2D eigenvalue weighted by Crippen LogP contribution is -2.31. The summed E-state index contributed by atoms with van der Waals surface area (Å²) in [6.07, 6.45) is 0. The second-order valence-electron chi connectivity index (χ2n) is 5.92. The molecule has 0 saturated heterocycles. The number of nitro groups is 1. The molecule has 2 aromatic carbocycles. The Kier molecular flexibility index (Phi) is 4.27. The van der Waals surface area contributed by atoms with E-state index in [0.717, 1.165) is 10.8 Å². The smallest absolute Gasteiger partial charge is 0.336 e. The third kappa shape index (κ3) is 2.76. The minimum absolute atomic E-state index is 0.0395. The van der Waals surface area contributed by atoms with E-state index in [1.807, 2.05) is 42.5 Å². The molecule has 0 radical (unpaired) electrons. The van der Waals surface area contributed by atoms with E-state index in [1.165, 1.54) is 7.11 Å². The van der Waals surface area contributed by atoms with E-state index >= 15 is 0 Å². The Balaban J connectivity index is 2.34. The molecular formula is C19H18N2O4. The Morgan fingerprint density at radius 2 is 1.80 bits per heavy atom. The Labute approximate surface area is 144 Å². The molecule has 0 spiro atoms. The Morgan fingerprint density at radius 3 is 2.48 bits per heavy atom. The third-order valence-corrected chi connectivity index (χ3v) is 4.46. The number of carbonyl (C=O) groups excluding carboxylic acids is 1. The number of benzene rings is 2. The Bertz CT molecular complexity index is 938. The van der Waals surface area contributed by atoms with Crippen LogP contribution in [0.4, 0.5) is 0 Å². The lowest BCUT2D eigenvalue weighted by molar-refractivity contribution is -0.431. The van der Waals surface area contributed by atoms with Crippen LogP contribution in [-0.2, 0) is 9.53 Å². The SMILES string of the molecule is COC(=O)C1=C(C)NC(C)=C([N+](=O)[O-])[C@@H]1c1cccc2ccccc12. The molecule has 0 unspecified atom stereocenters.